The van der Waals surface area contributed by atoms with E-state index in [1.54, 1.807) is 6.92 Å². The first-order chi connectivity index (χ1) is 12.1. The molecule has 7 heteroatoms. The monoisotopic (exact) mass is 343 g/mol. The molecule has 2 atom stereocenters. The van der Waals surface area contributed by atoms with Gasteiger partial charge >= 0.3 is 0 Å². The molecular formula is C18H25N5O2. The predicted octanol–water partition coefficient (Wildman–Crippen LogP) is 1.14. The highest BCUT2D eigenvalue weighted by Crippen LogP contribution is 2.17. The maximum absolute atomic E-state index is 12.7. The molecule has 2 aromatic rings. The van der Waals surface area contributed by atoms with Gasteiger partial charge in [-0.25, -0.2) is 0 Å². The van der Waals surface area contributed by atoms with Gasteiger partial charge in [0.25, 0.3) is 5.91 Å². The van der Waals surface area contributed by atoms with Crippen LogP contribution in [-0.2, 0) is 4.79 Å². The van der Waals surface area contributed by atoms with Gasteiger partial charge in [-0.05, 0) is 45.3 Å². The number of nitrogens with zero attached hydrogens (tertiary/aromatic N) is 2. The molecule has 0 bridgehead atoms. The molecule has 1 aromatic heterocycles. The van der Waals surface area contributed by atoms with Gasteiger partial charge < -0.3 is 15.5 Å². The number of carbonyl (C=O) groups is 2. The molecule has 1 saturated heterocycles. The molecule has 1 aromatic carbocycles. The van der Waals surface area contributed by atoms with Gasteiger partial charge in [-0.3, -0.25) is 14.7 Å². The molecule has 1 fully saturated rings. The third kappa shape index (κ3) is 3.82. The summed E-state index contributed by atoms with van der Waals surface area (Å²) in [6.07, 6.45) is 2.13. The topological polar surface area (TPSA) is 90.1 Å². The fourth-order valence-electron chi connectivity index (χ4n) is 3.46. The van der Waals surface area contributed by atoms with Gasteiger partial charge in [0.1, 0.15) is 6.04 Å². The van der Waals surface area contributed by atoms with Crippen LogP contribution in [0.1, 0.15) is 30.3 Å². The summed E-state index contributed by atoms with van der Waals surface area (Å²) in [6, 6.07) is 6.87. The standard InChI is InChI=1S/C18H25N5O2/c1-12(18(25)23-9-5-6-13(11-23)10-19-2)20-17(24)16-14-7-3-4-8-15(14)21-22-16/h3-4,7-8,12-13,19H,5-6,9-11H2,1-2H3,(H,20,24)(H,21,22). The van der Waals surface area contributed by atoms with Gasteiger partial charge in [-0.2, -0.15) is 5.10 Å². The molecule has 0 radical (unpaired) electrons. The SMILES string of the molecule is CNCC1CCCN(C(=O)C(C)NC(=O)c2n[nH]c3ccccc23)C1. The van der Waals surface area contributed by atoms with E-state index in [0.717, 1.165) is 43.4 Å². The molecule has 0 spiro atoms. The minimum Gasteiger partial charge on any atom is -0.341 e. The molecule has 1 aliphatic rings. The van der Waals surface area contributed by atoms with E-state index in [2.05, 4.69) is 20.8 Å². The van der Waals surface area contributed by atoms with Crippen LogP contribution in [0.4, 0.5) is 0 Å². The van der Waals surface area contributed by atoms with Crippen molar-refractivity contribution in [3.8, 4) is 0 Å². The van der Waals surface area contributed by atoms with E-state index in [-0.39, 0.29) is 11.8 Å². The second kappa shape index (κ2) is 7.65. The first-order valence-electron chi connectivity index (χ1n) is 8.77. The number of rotatable bonds is 5. The fraction of sp³-hybridized carbons (Fsp3) is 0.500. The number of likely N-dealkylation sites (tertiary alicyclic amines) is 1. The summed E-state index contributed by atoms with van der Waals surface area (Å²) < 4.78 is 0. The number of piperidine rings is 1. The zero-order valence-electron chi connectivity index (χ0n) is 14.7. The van der Waals surface area contributed by atoms with Crippen LogP contribution in [-0.4, -0.2) is 59.6 Å². The first-order valence-corrected chi connectivity index (χ1v) is 8.77. The Morgan fingerprint density at radius 3 is 3.00 bits per heavy atom. The number of fused-ring (bicyclic) bond motifs is 1. The van der Waals surface area contributed by atoms with Crippen molar-refractivity contribution in [2.24, 2.45) is 5.92 Å². The van der Waals surface area contributed by atoms with E-state index in [1.165, 1.54) is 0 Å². The van der Waals surface area contributed by atoms with Gasteiger partial charge in [0.05, 0.1) is 5.52 Å². The lowest BCUT2D eigenvalue weighted by Crippen LogP contribution is -2.51. The number of hydrogen-bond acceptors (Lipinski definition) is 4. The molecule has 2 unspecified atom stereocenters. The summed E-state index contributed by atoms with van der Waals surface area (Å²) in [5.74, 6) is 0.108. The third-order valence-electron chi connectivity index (χ3n) is 4.73. The number of para-hydroxylation sites is 1. The fourth-order valence-corrected chi connectivity index (χ4v) is 3.46. The molecular weight excluding hydrogens is 318 g/mol. The molecule has 3 rings (SSSR count). The van der Waals surface area contributed by atoms with Crippen molar-refractivity contribution in [1.82, 2.24) is 25.7 Å². The number of hydrogen-bond donors (Lipinski definition) is 3. The quantitative estimate of drug-likeness (QED) is 0.759. The summed E-state index contributed by atoms with van der Waals surface area (Å²) >= 11 is 0. The molecule has 7 nitrogen and oxygen atoms in total. The highest BCUT2D eigenvalue weighted by Gasteiger charge is 2.28. The Labute approximate surface area is 147 Å². The summed E-state index contributed by atoms with van der Waals surface area (Å²) in [5.41, 5.74) is 1.12. The lowest BCUT2D eigenvalue weighted by Gasteiger charge is -2.34. The molecule has 134 valence electrons. The second-order valence-corrected chi connectivity index (χ2v) is 6.66. The average molecular weight is 343 g/mol. The predicted molar refractivity (Wildman–Crippen MR) is 96.3 cm³/mol. The molecule has 0 aliphatic carbocycles. The van der Waals surface area contributed by atoms with E-state index in [1.807, 2.05) is 36.2 Å². The van der Waals surface area contributed by atoms with Crippen molar-refractivity contribution in [2.45, 2.75) is 25.8 Å². The number of nitrogens with one attached hydrogen (secondary N) is 3. The Balaban J connectivity index is 1.64. The van der Waals surface area contributed by atoms with E-state index in [9.17, 15) is 9.59 Å². The van der Waals surface area contributed by atoms with Crippen molar-refractivity contribution in [2.75, 3.05) is 26.7 Å². The van der Waals surface area contributed by atoms with Crippen molar-refractivity contribution in [3.05, 3.63) is 30.0 Å². The number of carbonyl (C=O) groups excluding carboxylic acids is 2. The average Bonchev–Trinajstić information content (AvgIpc) is 3.05. The number of aromatic nitrogens is 2. The number of benzene rings is 1. The van der Waals surface area contributed by atoms with Crippen molar-refractivity contribution in [1.29, 1.82) is 0 Å². The van der Waals surface area contributed by atoms with Crippen LogP contribution in [0, 0.1) is 5.92 Å². The maximum atomic E-state index is 12.7. The minimum atomic E-state index is -0.573. The lowest BCUT2D eigenvalue weighted by molar-refractivity contribution is -0.134. The molecule has 25 heavy (non-hydrogen) atoms. The third-order valence-corrected chi connectivity index (χ3v) is 4.73. The zero-order chi connectivity index (χ0) is 17.8. The van der Waals surface area contributed by atoms with Gasteiger partial charge in [-0.1, -0.05) is 18.2 Å². The second-order valence-electron chi connectivity index (χ2n) is 6.66. The van der Waals surface area contributed by atoms with Crippen LogP contribution in [0.25, 0.3) is 10.9 Å². The Morgan fingerprint density at radius 1 is 1.40 bits per heavy atom. The molecule has 0 saturated carbocycles. The molecule has 3 N–H and O–H groups in total. The van der Waals surface area contributed by atoms with Crippen LogP contribution in [0.5, 0.6) is 0 Å². The van der Waals surface area contributed by atoms with Gasteiger partial charge in [0.2, 0.25) is 5.91 Å². The summed E-state index contributed by atoms with van der Waals surface area (Å²) in [4.78, 5) is 27.0. The summed E-state index contributed by atoms with van der Waals surface area (Å²) in [7, 11) is 1.93. The zero-order valence-corrected chi connectivity index (χ0v) is 14.7. The Kier molecular flexibility index (Phi) is 5.33. The molecule has 2 amide bonds. The van der Waals surface area contributed by atoms with E-state index >= 15 is 0 Å². The van der Waals surface area contributed by atoms with E-state index in [0.29, 0.717) is 11.6 Å². The highest BCUT2D eigenvalue weighted by atomic mass is 16.2. The van der Waals surface area contributed by atoms with E-state index in [4.69, 9.17) is 0 Å². The van der Waals surface area contributed by atoms with Crippen molar-refractivity contribution >= 4 is 22.7 Å². The first kappa shape index (κ1) is 17.4. The molecule has 2 heterocycles. The van der Waals surface area contributed by atoms with Gasteiger partial charge in [0, 0.05) is 18.5 Å². The van der Waals surface area contributed by atoms with Crippen molar-refractivity contribution < 1.29 is 9.59 Å². The van der Waals surface area contributed by atoms with Crippen LogP contribution in [0.3, 0.4) is 0 Å². The van der Waals surface area contributed by atoms with Gasteiger partial charge in [0.15, 0.2) is 5.69 Å². The van der Waals surface area contributed by atoms with Crippen LogP contribution in [0.2, 0.25) is 0 Å². The van der Waals surface area contributed by atoms with Crippen molar-refractivity contribution in [3.63, 3.8) is 0 Å². The van der Waals surface area contributed by atoms with Gasteiger partial charge in [-0.15, -0.1) is 0 Å². The van der Waals surface area contributed by atoms with Crippen LogP contribution < -0.4 is 10.6 Å². The van der Waals surface area contributed by atoms with Crippen LogP contribution in [0.15, 0.2) is 24.3 Å². The number of amides is 2. The molecule has 1 aliphatic heterocycles. The lowest BCUT2D eigenvalue weighted by atomic mass is 9.97. The highest BCUT2D eigenvalue weighted by molar-refractivity contribution is 6.05. The Hall–Kier alpha value is -2.41. The summed E-state index contributed by atoms with van der Waals surface area (Å²) in [6.45, 7) is 4.14. The Bertz CT molecular complexity index is 755. The van der Waals surface area contributed by atoms with E-state index < -0.39 is 6.04 Å². The van der Waals surface area contributed by atoms with Crippen LogP contribution >= 0.6 is 0 Å². The number of aromatic amines is 1. The Morgan fingerprint density at radius 2 is 2.20 bits per heavy atom. The number of H-pyrrole nitrogens is 1. The minimum absolute atomic E-state index is 0.0333. The normalized spacial score (nSPS) is 19.0. The summed E-state index contributed by atoms with van der Waals surface area (Å²) in [5, 5.41) is 13.6. The smallest absolute Gasteiger partial charge is 0.273 e. The largest absolute Gasteiger partial charge is 0.341 e. The maximum Gasteiger partial charge on any atom is 0.273 e.